The highest BCUT2D eigenvalue weighted by atomic mass is 32.2. The summed E-state index contributed by atoms with van der Waals surface area (Å²) in [6.07, 6.45) is 1.45. The molecular weight excluding hydrogens is 446 g/mol. The number of rotatable bonds is 7. The average Bonchev–Trinajstić information content (AvgIpc) is 3.18. The van der Waals surface area contributed by atoms with Gasteiger partial charge in [-0.05, 0) is 60.7 Å². The Balaban J connectivity index is 1.73. The molecule has 4 rings (SSSR count). The van der Waals surface area contributed by atoms with Crippen LogP contribution in [0.1, 0.15) is 11.1 Å². The molecule has 0 radical (unpaired) electrons. The lowest BCUT2D eigenvalue weighted by atomic mass is 10.2. The maximum absolute atomic E-state index is 12.0. The molecule has 0 saturated heterocycles. The Morgan fingerprint density at radius 3 is 2.56 bits per heavy atom. The molecule has 9 heteroatoms. The molecule has 2 N–H and O–H groups in total. The average molecular weight is 464 g/mol. The predicted molar refractivity (Wildman–Crippen MR) is 126 cm³/mol. The summed E-state index contributed by atoms with van der Waals surface area (Å²) in [5, 5.41) is 21.5. The van der Waals surface area contributed by atoms with Gasteiger partial charge in [0.2, 0.25) is 0 Å². The van der Waals surface area contributed by atoms with Crippen LogP contribution in [0, 0.1) is 17.0 Å². The van der Waals surface area contributed by atoms with Crippen LogP contribution in [0.25, 0.3) is 17.1 Å². The van der Waals surface area contributed by atoms with Crippen molar-refractivity contribution in [3.05, 3.63) is 92.9 Å². The van der Waals surface area contributed by atoms with Crippen LogP contribution < -0.4 is 0 Å². The monoisotopic (exact) mass is 463 g/mol. The number of nitrogens with zero attached hydrogens (tertiary/aromatic N) is 2. The van der Waals surface area contributed by atoms with Crippen LogP contribution in [0.15, 0.2) is 86.6 Å². The first kappa shape index (κ1) is 21.7. The van der Waals surface area contributed by atoms with Crippen LogP contribution in [-0.4, -0.2) is 26.0 Å². The summed E-state index contributed by atoms with van der Waals surface area (Å²) in [6.45, 7) is 1.99. The molecule has 0 spiro atoms. The van der Waals surface area contributed by atoms with E-state index in [2.05, 4.69) is 9.97 Å². The van der Waals surface area contributed by atoms with Crippen LogP contribution in [0.3, 0.4) is 0 Å². The van der Waals surface area contributed by atoms with Gasteiger partial charge in [-0.3, -0.25) is 10.1 Å². The minimum absolute atomic E-state index is 0.00434. The zero-order chi connectivity index (χ0) is 22.7. The number of aryl methyl sites for hydroxylation is 1. The molecule has 0 aliphatic rings. The lowest BCUT2D eigenvalue weighted by Gasteiger charge is -2.08. The van der Waals surface area contributed by atoms with Crippen LogP contribution in [0.2, 0.25) is 0 Å². The summed E-state index contributed by atoms with van der Waals surface area (Å²) in [4.78, 5) is 31.9. The highest BCUT2D eigenvalue weighted by molar-refractivity contribution is 8.04. The number of non-ortho nitro benzene ring substituents is 1. The van der Waals surface area contributed by atoms with E-state index in [1.54, 1.807) is 6.07 Å². The fourth-order valence-electron chi connectivity index (χ4n) is 2.95. The topological polar surface area (TPSA) is 109 Å². The minimum Gasteiger partial charge on any atom is -0.477 e. The van der Waals surface area contributed by atoms with Gasteiger partial charge in [0.1, 0.15) is 4.91 Å². The second-order valence-electron chi connectivity index (χ2n) is 6.87. The quantitative estimate of drug-likeness (QED) is 0.146. The summed E-state index contributed by atoms with van der Waals surface area (Å²) < 4.78 is 0. The smallest absolute Gasteiger partial charge is 0.342 e. The summed E-state index contributed by atoms with van der Waals surface area (Å²) in [6, 6.07) is 19.7. The normalized spacial score (nSPS) is 11.6. The Hall–Kier alpha value is -3.56. The van der Waals surface area contributed by atoms with Gasteiger partial charge in [-0.25, -0.2) is 9.78 Å². The molecule has 0 aliphatic carbocycles. The number of fused-ring (bicyclic) bond motifs is 1. The number of hydrogen-bond donors (Lipinski definition) is 2. The molecule has 4 aromatic rings. The standard InChI is InChI=1S/C23H17N3O4S2/c1-14-6-9-17(10-7-14)31-20-11-8-16(26(29)30)12-15(20)13-21(22(27)28)32-23-24-18-4-2-3-5-19(18)25-23/h2-13H,1H3,(H,24,25)(H,27,28)/b21-13+. The van der Waals surface area contributed by atoms with Gasteiger partial charge in [0.25, 0.3) is 5.69 Å². The molecule has 0 fully saturated rings. The highest BCUT2D eigenvalue weighted by Gasteiger charge is 2.17. The number of imidazole rings is 1. The van der Waals surface area contributed by atoms with Gasteiger partial charge >= 0.3 is 5.97 Å². The molecule has 0 bridgehead atoms. The summed E-state index contributed by atoms with van der Waals surface area (Å²) >= 11 is 2.38. The van der Waals surface area contributed by atoms with E-state index >= 15 is 0 Å². The number of H-pyrrole nitrogens is 1. The Morgan fingerprint density at radius 1 is 1.12 bits per heavy atom. The molecule has 0 saturated carbocycles. The molecule has 0 aliphatic heterocycles. The predicted octanol–water partition coefficient (Wildman–Crippen LogP) is 6.15. The van der Waals surface area contributed by atoms with Crippen molar-refractivity contribution in [2.45, 2.75) is 21.9 Å². The molecule has 160 valence electrons. The second-order valence-corrected chi connectivity index (χ2v) is 9.02. The number of carbonyl (C=O) groups is 1. The van der Waals surface area contributed by atoms with E-state index in [-0.39, 0.29) is 10.6 Å². The third-order valence-electron chi connectivity index (χ3n) is 4.52. The second kappa shape index (κ2) is 9.29. The van der Waals surface area contributed by atoms with Gasteiger partial charge in [-0.1, -0.05) is 41.6 Å². The Bertz CT molecular complexity index is 1310. The number of nitrogens with one attached hydrogen (secondary N) is 1. The van der Waals surface area contributed by atoms with E-state index in [0.717, 1.165) is 33.3 Å². The van der Waals surface area contributed by atoms with Crippen LogP contribution in [0.4, 0.5) is 5.69 Å². The lowest BCUT2D eigenvalue weighted by molar-refractivity contribution is -0.384. The summed E-state index contributed by atoms with van der Waals surface area (Å²) in [7, 11) is 0. The number of nitro groups is 1. The van der Waals surface area contributed by atoms with Crippen molar-refractivity contribution in [3.8, 4) is 0 Å². The number of aliphatic carboxylic acids is 1. The van der Waals surface area contributed by atoms with E-state index < -0.39 is 10.9 Å². The van der Waals surface area contributed by atoms with Gasteiger partial charge in [0.15, 0.2) is 5.16 Å². The van der Waals surface area contributed by atoms with Crippen LogP contribution in [-0.2, 0) is 4.79 Å². The number of thioether (sulfide) groups is 1. The maximum Gasteiger partial charge on any atom is 0.342 e. The van der Waals surface area contributed by atoms with Crippen LogP contribution in [0.5, 0.6) is 0 Å². The number of aromatic amines is 1. The summed E-state index contributed by atoms with van der Waals surface area (Å²) in [5.74, 6) is -1.15. The minimum atomic E-state index is -1.15. The molecule has 1 heterocycles. The van der Waals surface area contributed by atoms with E-state index in [4.69, 9.17) is 0 Å². The first-order valence-corrected chi connectivity index (χ1v) is 11.1. The summed E-state index contributed by atoms with van der Waals surface area (Å²) in [5.41, 5.74) is 2.98. The zero-order valence-electron chi connectivity index (χ0n) is 16.8. The number of benzene rings is 3. The van der Waals surface area contributed by atoms with E-state index in [1.165, 1.54) is 30.0 Å². The van der Waals surface area contributed by atoms with Crippen molar-refractivity contribution >= 4 is 52.3 Å². The van der Waals surface area contributed by atoms with Crippen molar-refractivity contribution in [2.24, 2.45) is 0 Å². The number of hydrogen-bond acceptors (Lipinski definition) is 6. The highest BCUT2D eigenvalue weighted by Crippen LogP contribution is 2.36. The number of para-hydroxylation sites is 2. The molecule has 32 heavy (non-hydrogen) atoms. The first-order chi connectivity index (χ1) is 15.4. The molecule has 1 aromatic heterocycles. The van der Waals surface area contributed by atoms with E-state index in [0.29, 0.717) is 15.6 Å². The molecular formula is C23H17N3O4S2. The first-order valence-electron chi connectivity index (χ1n) is 9.49. The fraction of sp³-hybridized carbons (Fsp3) is 0.0435. The van der Waals surface area contributed by atoms with Gasteiger partial charge < -0.3 is 10.1 Å². The SMILES string of the molecule is Cc1ccc(Sc2ccc([N+](=O)[O-])cc2/C=C(/Sc2nc3ccccc3[nH]2)C(=O)O)cc1. The zero-order valence-corrected chi connectivity index (χ0v) is 18.4. The van der Waals surface area contributed by atoms with Crippen molar-refractivity contribution in [1.82, 2.24) is 9.97 Å². The third kappa shape index (κ3) is 5.01. The number of carboxylic acids is 1. The number of aromatic nitrogens is 2. The third-order valence-corrected chi connectivity index (χ3v) is 6.52. The molecule has 0 unspecified atom stereocenters. The van der Waals surface area contributed by atoms with Crippen molar-refractivity contribution < 1.29 is 14.8 Å². The molecule has 0 amide bonds. The Labute approximate surface area is 191 Å². The lowest BCUT2D eigenvalue weighted by Crippen LogP contribution is -1.98. The molecule has 7 nitrogen and oxygen atoms in total. The van der Waals surface area contributed by atoms with E-state index in [9.17, 15) is 20.0 Å². The maximum atomic E-state index is 12.0. The number of carboxylic acid groups (broad SMARTS) is 1. The molecule has 3 aromatic carbocycles. The van der Waals surface area contributed by atoms with Gasteiger partial charge in [0, 0.05) is 21.9 Å². The van der Waals surface area contributed by atoms with Gasteiger partial charge in [-0.15, -0.1) is 0 Å². The molecule has 0 atom stereocenters. The fourth-order valence-corrected chi connectivity index (χ4v) is 4.63. The van der Waals surface area contributed by atoms with Crippen molar-refractivity contribution in [2.75, 3.05) is 0 Å². The van der Waals surface area contributed by atoms with Gasteiger partial charge in [0.05, 0.1) is 16.0 Å². The van der Waals surface area contributed by atoms with Gasteiger partial charge in [-0.2, -0.15) is 0 Å². The largest absolute Gasteiger partial charge is 0.477 e. The van der Waals surface area contributed by atoms with Crippen molar-refractivity contribution in [3.63, 3.8) is 0 Å². The number of nitro benzene ring substituents is 1. The van der Waals surface area contributed by atoms with Crippen LogP contribution >= 0.6 is 23.5 Å². The van der Waals surface area contributed by atoms with E-state index in [1.807, 2.05) is 55.5 Å². The Kier molecular flexibility index (Phi) is 6.29. The Morgan fingerprint density at radius 2 is 1.88 bits per heavy atom. The van der Waals surface area contributed by atoms with Crippen molar-refractivity contribution in [1.29, 1.82) is 0 Å².